The molecule has 4 fully saturated rings. The van der Waals surface area contributed by atoms with Gasteiger partial charge in [0, 0.05) is 11.8 Å². The second kappa shape index (κ2) is 14.6. The molecule has 1 N–H and O–H groups in total. The molecule has 4 aliphatic rings. The van der Waals surface area contributed by atoms with Gasteiger partial charge in [0.15, 0.2) is 16.6 Å². The molecule has 1 aromatic rings. The van der Waals surface area contributed by atoms with Crippen LogP contribution in [0.2, 0.25) is 36.3 Å². The van der Waals surface area contributed by atoms with Crippen molar-refractivity contribution in [2.24, 2.45) is 17.3 Å². The highest BCUT2D eigenvalue weighted by Gasteiger charge is 2.51. The number of aliphatic hydroxyl groups excluding tert-OH is 1. The van der Waals surface area contributed by atoms with Crippen LogP contribution in [0.5, 0.6) is 0 Å². The van der Waals surface area contributed by atoms with Crippen LogP contribution in [0.1, 0.15) is 131 Å². The maximum absolute atomic E-state index is 11.5. The number of hydrogen-bond acceptors (Lipinski definition) is 3. The van der Waals surface area contributed by atoms with Crippen LogP contribution < -0.4 is 0 Å². The third-order valence-corrected chi connectivity index (χ3v) is 24.0. The van der Waals surface area contributed by atoms with Gasteiger partial charge in [-0.1, -0.05) is 114 Å². The summed E-state index contributed by atoms with van der Waals surface area (Å²) in [5, 5.41) is 11.8. The number of hydrogen-bond donors (Lipinski definition) is 1. The predicted octanol–water partition coefficient (Wildman–Crippen LogP) is 12.9. The van der Waals surface area contributed by atoms with E-state index in [0.29, 0.717) is 11.8 Å². The first-order chi connectivity index (χ1) is 23.5. The lowest BCUT2D eigenvalue weighted by Gasteiger charge is -2.45. The Hall–Kier alpha value is -1.51. The summed E-state index contributed by atoms with van der Waals surface area (Å²) in [5.41, 5.74) is 8.44. The molecule has 0 heterocycles. The fraction of sp³-hybridized carbons (Fsp3) is 0.696. The molecule has 0 aliphatic heterocycles. The molecule has 0 radical (unpaired) electrons. The molecule has 0 spiro atoms. The Morgan fingerprint density at radius 2 is 1.55 bits per heavy atom. The van der Waals surface area contributed by atoms with Crippen molar-refractivity contribution >= 4 is 16.6 Å². The Morgan fingerprint density at radius 3 is 2.14 bits per heavy atom. The minimum atomic E-state index is -2.00. The molecular weight excluding hydrogens is 657 g/mol. The number of rotatable bonds is 10. The van der Waals surface area contributed by atoms with Crippen molar-refractivity contribution in [2.75, 3.05) is 0 Å². The zero-order valence-corrected chi connectivity index (χ0v) is 37.0. The lowest BCUT2D eigenvalue weighted by Crippen LogP contribution is -2.49. The fourth-order valence-corrected chi connectivity index (χ4v) is 11.9. The highest BCUT2D eigenvalue weighted by molar-refractivity contribution is 6.74. The van der Waals surface area contributed by atoms with Crippen molar-refractivity contribution in [3.63, 3.8) is 0 Å². The zero-order chi connectivity index (χ0) is 37.8. The summed E-state index contributed by atoms with van der Waals surface area (Å²) < 4.78 is 14.2. The second-order valence-corrected chi connectivity index (χ2v) is 30.0. The molecule has 0 unspecified atom stereocenters. The molecule has 0 bridgehead atoms. The highest BCUT2D eigenvalue weighted by Crippen LogP contribution is 2.60. The molecule has 0 saturated heterocycles. The quantitative estimate of drug-likeness (QED) is 0.192. The van der Waals surface area contributed by atoms with E-state index in [0.717, 1.165) is 32.1 Å². The van der Waals surface area contributed by atoms with Crippen molar-refractivity contribution in [1.29, 1.82) is 0 Å². The van der Waals surface area contributed by atoms with Gasteiger partial charge < -0.3 is 14.0 Å². The van der Waals surface area contributed by atoms with Crippen molar-refractivity contribution in [2.45, 2.75) is 187 Å². The first-order valence-corrected chi connectivity index (χ1v) is 26.2. The Labute approximate surface area is 315 Å². The molecule has 0 amide bonds. The van der Waals surface area contributed by atoms with Gasteiger partial charge in [-0.15, -0.1) is 0 Å². The van der Waals surface area contributed by atoms with E-state index in [2.05, 4.69) is 131 Å². The number of aliphatic hydroxyl groups is 1. The van der Waals surface area contributed by atoms with E-state index < -0.39 is 16.6 Å². The van der Waals surface area contributed by atoms with Crippen LogP contribution >= 0.6 is 0 Å². The minimum absolute atomic E-state index is 0.00969. The van der Waals surface area contributed by atoms with E-state index in [1.54, 1.807) is 5.57 Å². The fourth-order valence-electron chi connectivity index (χ4n) is 9.25. The molecule has 4 aliphatic carbocycles. The number of fused-ring (bicyclic) bond motifs is 1. The van der Waals surface area contributed by atoms with Crippen molar-refractivity contribution in [3.05, 3.63) is 82.5 Å². The normalized spacial score (nSPS) is 31.3. The average Bonchev–Trinajstić information content (AvgIpc) is 3.75. The summed E-state index contributed by atoms with van der Waals surface area (Å²) >= 11 is 0. The van der Waals surface area contributed by atoms with Gasteiger partial charge in [-0.2, -0.15) is 0 Å². The van der Waals surface area contributed by atoms with Crippen LogP contribution in [-0.2, 0) is 14.3 Å². The number of aryl methyl sites for hydroxylation is 1. The van der Waals surface area contributed by atoms with Crippen molar-refractivity contribution in [1.82, 2.24) is 0 Å². The Kier molecular flexibility index (Phi) is 11.7. The van der Waals surface area contributed by atoms with Gasteiger partial charge in [-0.05, 0) is 142 Å². The summed E-state index contributed by atoms with van der Waals surface area (Å²) in [5.74, 6) is 1.19. The highest BCUT2D eigenvalue weighted by atomic mass is 28.4. The summed E-state index contributed by atoms with van der Waals surface area (Å²) in [6, 6.07) is 8.86. The Morgan fingerprint density at radius 1 is 0.941 bits per heavy atom. The molecular formula is C46H74O3Si2. The average molecular weight is 731 g/mol. The van der Waals surface area contributed by atoms with E-state index in [4.69, 9.17) is 15.4 Å². The monoisotopic (exact) mass is 731 g/mol. The van der Waals surface area contributed by atoms with Crippen LogP contribution in [0.15, 0.2) is 71.4 Å². The molecule has 3 nitrogen and oxygen atoms in total. The molecule has 4 saturated carbocycles. The number of benzene rings is 1. The minimum Gasteiger partial charge on any atom is -0.413 e. The van der Waals surface area contributed by atoms with Gasteiger partial charge in [0.1, 0.15) is 0 Å². The van der Waals surface area contributed by atoms with Crippen LogP contribution in [0, 0.1) is 24.2 Å². The van der Waals surface area contributed by atoms with E-state index in [1.165, 1.54) is 60.0 Å². The van der Waals surface area contributed by atoms with Gasteiger partial charge in [0.25, 0.3) is 0 Å². The molecule has 5 heteroatoms. The van der Waals surface area contributed by atoms with Gasteiger partial charge in [-0.25, -0.2) is 0 Å². The van der Waals surface area contributed by atoms with E-state index >= 15 is 0 Å². The summed E-state index contributed by atoms with van der Waals surface area (Å²) in [6.07, 6.45) is 18.2. The zero-order valence-electron chi connectivity index (χ0n) is 35.0. The standard InChI is InChI=1S/C46H74O3Si2/c1-32-17-22-37(23-18-32)46(28-29-46)42(47)26-19-33(2)39-24-25-40-35(16-15-27-45(39,40)10)20-21-36-30-38(48-50(11,12)43(4,5)6)31-41(34(36)3)49-51(13,14)44(7,8)9/h17-23,38-42,47H,3,15-16,24-31H2,1-2,4-14H3/t38-,39-,40+,41+,42-,45-/m1/s1. The lowest BCUT2D eigenvalue weighted by molar-refractivity contribution is 0.0969. The smallest absolute Gasteiger partial charge is 0.192 e. The van der Waals surface area contributed by atoms with E-state index in [1.807, 2.05) is 0 Å². The molecule has 5 rings (SSSR count). The largest absolute Gasteiger partial charge is 0.413 e. The van der Waals surface area contributed by atoms with Crippen LogP contribution in [0.25, 0.3) is 0 Å². The summed E-state index contributed by atoms with van der Waals surface area (Å²) in [6.45, 7) is 35.3. The maximum atomic E-state index is 11.5. The summed E-state index contributed by atoms with van der Waals surface area (Å²) in [4.78, 5) is 0. The number of allylic oxidation sites excluding steroid dienone is 4. The Bertz CT molecular complexity index is 1510. The van der Waals surface area contributed by atoms with Gasteiger partial charge in [0.05, 0.1) is 18.3 Å². The van der Waals surface area contributed by atoms with Crippen molar-refractivity contribution < 1.29 is 14.0 Å². The van der Waals surface area contributed by atoms with E-state index in [9.17, 15) is 5.11 Å². The third kappa shape index (κ3) is 8.43. The maximum Gasteiger partial charge on any atom is 0.192 e. The lowest BCUT2D eigenvalue weighted by atomic mass is 9.62. The van der Waals surface area contributed by atoms with Crippen LogP contribution in [-0.4, -0.2) is 40.1 Å². The van der Waals surface area contributed by atoms with Gasteiger partial charge in [-0.3, -0.25) is 0 Å². The first-order valence-electron chi connectivity index (χ1n) is 20.4. The SMILES string of the molecule is C=C1C(=CC=C2CCC[C@]3(C)[C@@H](C(C)=CC[C@@H](O)C4(c5ccc(C)cc5)CC4)CC[C@@H]23)C[C@@H](O[Si](C)(C)C(C)(C)C)C[C@@H]1O[Si](C)(C)C(C)(C)C. The van der Waals surface area contributed by atoms with Gasteiger partial charge in [0.2, 0.25) is 0 Å². The molecule has 0 aromatic heterocycles. The molecule has 51 heavy (non-hydrogen) atoms. The molecule has 284 valence electrons. The molecule has 1 aromatic carbocycles. The van der Waals surface area contributed by atoms with Crippen molar-refractivity contribution in [3.8, 4) is 0 Å². The second-order valence-electron chi connectivity index (χ2n) is 20.5. The van der Waals surface area contributed by atoms with Crippen LogP contribution in [0.3, 0.4) is 0 Å². The topological polar surface area (TPSA) is 38.7 Å². The summed E-state index contributed by atoms with van der Waals surface area (Å²) in [7, 11) is -3.95. The predicted molar refractivity (Wildman–Crippen MR) is 223 cm³/mol. The van der Waals surface area contributed by atoms with Crippen LogP contribution in [0.4, 0.5) is 0 Å². The Balaban J connectivity index is 1.34. The van der Waals surface area contributed by atoms with E-state index in [-0.39, 0.29) is 39.2 Å². The first kappa shape index (κ1) is 40.7. The molecule has 6 atom stereocenters. The van der Waals surface area contributed by atoms with Gasteiger partial charge >= 0.3 is 0 Å². The third-order valence-electron chi connectivity index (χ3n) is 15.0.